The number of nitrogen functional groups attached to an aromatic ring is 1. The largest absolute Gasteiger partial charge is 0.457 e. The van der Waals surface area contributed by atoms with Crippen LogP contribution in [-0.4, -0.2) is 5.97 Å². The molecule has 4 heteroatoms. The Labute approximate surface area is 117 Å². The first-order valence-corrected chi connectivity index (χ1v) is 6.13. The zero-order valence-electron chi connectivity index (χ0n) is 11.1. The van der Waals surface area contributed by atoms with Gasteiger partial charge in [0.1, 0.15) is 6.61 Å². The van der Waals surface area contributed by atoms with E-state index in [1.54, 1.807) is 49.4 Å². The van der Waals surface area contributed by atoms with Crippen LogP contribution in [0, 0.1) is 18.3 Å². The number of anilines is 1. The van der Waals surface area contributed by atoms with Gasteiger partial charge in [-0.15, -0.1) is 0 Å². The summed E-state index contributed by atoms with van der Waals surface area (Å²) in [4.78, 5) is 12.0. The average Bonchev–Trinajstić information content (AvgIpc) is 2.48. The summed E-state index contributed by atoms with van der Waals surface area (Å²) >= 11 is 0. The summed E-state index contributed by atoms with van der Waals surface area (Å²) in [5.41, 5.74) is 8.81. The molecule has 0 fully saturated rings. The van der Waals surface area contributed by atoms with E-state index >= 15 is 0 Å². The second-order valence-electron chi connectivity index (χ2n) is 4.41. The number of hydrogen-bond donors (Lipinski definition) is 1. The van der Waals surface area contributed by atoms with Gasteiger partial charge in [0.05, 0.1) is 17.2 Å². The van der Waals surface area contributed by atoms with E-state index in [9.17, 15) is 4.79 Å². The van der Waals surface area contributed by atoms with Gasteiger partial charge in [-0.25, -0.2) is 4.79 Å². The predicted octanol–water partition coefficient (Wildman–Crippen LogP) is 2.81. The first kappa shape index (κ1) is 13.6. The van der Waals surface area contributed by atoms with E-state index < -0.39 is 5.97 Å². The van der Waals surface area contributed by atoms with E-state index in [1.807, 2.05) is 6.07 Å². The Morgan fingerprint density at radius 2 is 2.05 bits per heavy atom. The molecule has 0 atom stereocenters. The summed E-state index contributed by atoms with van der Waals surface area (Å²) in [6.45, 7) is 1.91. The molecule has 2 rings (SSSR count). The quantitative estimate of drug-likeness (QED) is 0.684. The molecule has 0 aliphatic rings. The number of nitrogens with two attached hydrogens (primary N) is 1. The van der Waals surface area contributed by atoms with E-state index in [-0.39, 0.29) is 6.61 Å². The maximum atomic E-state index is 12.0. The molecule has 0 heterocycles. The molecule has 0 aromatic heterocycles. The standard InChI is InChI=1S/C16H14N2O2/c1-11-14(6-3-7-15(11)18)16(19)20-10-13-5-2-4-12(8-13)9-17/h2-8H,10,18H2,1H3. The van der Waals surface area contributed by atoms with Crippen LogP contribution in [0.4, 0.5) is 5.69 Å². The van der Waals surface area contributed by atoms with Crippen LogP contribution in [0.5, 0.6) is 0 Å². The molecule has 2 aromatic carbocycles. The number of nitriles is 1. The highest BCUT2D eigenvalue weighted by atomic mass is 16.5. The Kier molecular flexibility index (Phi) is 4.02. The molecular formula is C16H14N2O2. The summed E-state index contributed by atoms with van der Waals surface area (Å²) in [6, 6.07) is 14.1. The first-order chi connectivity index (χ1) is 9.61. The topological polar surface area (TPSA) is 76.1 Å². The van der Waals surface area contributed by atoms with Gasteiger partial charge in [-0.1, -0.05) is 18.2 Å². The minimum absolute atomic E-state index is 0.128. The molecule has 0 saturated heterocycles. The number of hydrogen-bond acceptors (Lipinski definition) is 4. The molecule has 0 unspecified atom stereocenters. The normalized spacial score (nSPS) is 9.80. The Hall–Kier alpha value is -2.80. The minimum atomic E-state index is -0.419. The van der Waals surface area contributed by atoms with Crippen molar-refractivity contribution >= 4 is 11.7 Å². The lowest BCUT2D eigenvalue weighted by molar-refractivity contribution is 0.0472. The molecule has 0 aliphatic carbocycles. The molecule has 20 heavy (non-hydrogen) atoms. The number of rotatable bonds is 3. The van der Waals surface area contributed by atoms with E-state index in [0.717, 1.165) is 5.56 Å². The van der Waals surface area contributed by atoms with Crippen LogP contribution in [0.15, 0.2) is 42.5 Å². The number of esters is 1. The Morgan fingerprint density at radius 3 is 2.80 bits per heavy atom. The second kappa shape index (κ2) is 5.89. The molecule has 100 valence electrons. The van der Waals surface area contributed by atoms with Crippen molar-refractivity contribution in [2.24, 2.45) is 0 Å². The maximum absolute atomic E-state index is 12.0. The third-order valence-electron chi connectivity index (χ3n) is 3.02. The number of ether oxygens (including phenoxy) is 1. The highest BCUT2D eigenvalue weighted by Gasteiger charge is 2.12. The average molecular weight is 266 g/mol. The van der Waals surface area contributed by atoms with Crippen LogP contribution in [0.3, 0.4) is 0 Å². The van der Waals surface area contributed by atoms with Gasteiger partial charge >= 0.3 is 5.97 Å². The van der Waals surface area contributed by atoms with Gasteiger partial charge < -0.3 is 10.5 Å². The number of benzene rings is 2. The van der Waals surface area contributed by atoms with Gasteiger partial charge in [0.2, 0.25) is 0 Å². The first-order valence-electron chi connectivity index (χ1n) is 6.13. The van der Waals surface area contributed by atoms with Gasteiger partial charge in [0.25, 0.3) is 0 Å². The molecule has 0 aliphatic heterocycles. The summed E-state index contributed by atoms with van der Waals surface area (Å²) in [6.07, 6.45) is 0. The third kappa shape index (κ3) is 2.96. The zero-order chi connectivity index (χ0) is 14.5. The van der Waals surface area contributed by atoms with Crippen molar-refractivity contribution in [1.82, 2.24) is 0 Å². The van der Waals surface area contributed by atoms with Crippen molar-refractivity contribution in [3.63, 3.8) is 0 Å². The van der Waals surface area contributed by atoms with Crippen LogP contribution in [0.1, 0.15) is 27.0 Å². The fourth-order valence-electron chi connectivity index (χ4n) is 1.83. The van der Waals surface area contributed by atoms with Crippen LogP contribution in [0.25, 0.3) is 0 Å². The van der Waals surface area contributed by atoms with Crippen molar-refractivity contribution in [3.05, 3.63) is 64.7 Å². The number of carbonyl (C=O) groups is 1. The van der Waals surface area contributed by atoms with Crippen LogP contribution < -0.4 is 5.73 Å². The molecule has 0 bridgehead atoms. The minimum Gasteiger partial charge on any atom is -0.457 e. The second-order valence-corrected chi connectivity index (χ2v) is 4.41. The molecule has 0 spiro atoms. The fourth-order valence-corrected chi connectivity index (χ4v) is 1.83. The molecule has 0 amide bonds. The van der Waals surface area contributed by atoms with Gasteiger partial charge in [-0.3, -0.25) is 0 Å². The molecular weight excluding hydrogens is 252 g/mol. The maximum Gasteiger partial charge on any atom is 0.338 e. The number of nitrogens with zero attached hydrogens (tertiary/aromatic N) is 1. The van der Waals surface area contributed by atoms with Crippen molar-refractivity contribution in [3.8, 4) is 6.07 Å². The Balaban J connectivity index is 2.09. The summed E-state index contributed by atoms with van der Waals surface area (Å²) in [5.74, 6) is -0.419. The van der Waals surface area contributed by atoms with Gasteiger partial charge in [0.15, 0.2) is 0 Å². The zero-order valence-corrected chi connectivity index (χ0v) is 11.1. The van der Waals surface area contributed by atoms with Crippen molar-refractivity contribution in [2.75, 3.05) is 5.73 Å². The SMILES string of the molecule is Cc1c(N)cccc1C(=O)OCc1cccc(C#N)c1. The van der Waals surface area contributed by atoms with Gasteiger partial charge in [-0.2, -0.15) is 5.26 Å². The lowest BCUT2D eigenvalue weighted by Gasteiger charge is -2.09. The van der Waals surface area contributed by atoms with E-state index in [0.29, 0.717) is 22.4 Å². The Bertz CT molecular complexity index is 687. The number of carbonyl (C=O) groups excluding carboxylic acids is 1. The summed E-state index contributed by atoms with van der Waals surface area (Å²) in [7, 11) is 0. The van der Waals surface area contributed by atoms with E-state index in [1.165, 1.54) is 0 Å². The van der Waals surface area contributed by atoms with Gasteiger partial charge in [-0.05, 0) is 42.3 Å². The molecule has 4 nitrogen and oxygen atoms in total. The highest BCUT2D eigenvalue weighted by Crippen LogP contribution is 2.17. The smallest absolute Gasteiger partial charge is 0.338 e. The molecule has 0 radical (unpaired) electrons. The van der Waals surface area contributed by atoms with E-state index in [2.05, 4.69) is 0 Å². The predicted molar refractivity (Wildman–Crippen MR) is 75.9 cm³/mol. The Morgan fingerprint density at radius 1 is 1.30 bits per heavy atom. The van der Waals surface area contributed by atoms with Crippen molar-refractivity contribution in [2.45, 2.75) is 13.5 Å². The van der Waals surface area contributed by atoms with E-state index in [4.69, 9.17) is 15.7 Å². The third-order valence-corrected chi connectivity index (χ3v) is 3.02. The van der Waals surface area contributed by atoms with Crippen LogP contribution in [0.2, 0.25) is 0 Å². The molecule has 0 saturated carbocycles. The summed E-state index contributed by atoms with van der Waals surface area (Å²) in [5, 5.41) is 8.81. The van der Waals surface area contributed by atoms with Crippen LogP contribution >= 0.6 is 0 Å². The summed E-state index contributed by atoms with van der Waals surface area (Å²) < 4.78 is 5.25. The fraction of sp³-hybridized carbons (Fsp3) is 0.125. The monoisotopic (exact) mass is 266 g/mol. The lowest BCUT2D eigenvalue weighted by Crippen LogP contribution is -2.08. The lowest BCUT2D eigenvalue weighted by atomic mass is 10.1. The van der Waals surface area contributed by atoms with Crippen molar-refractivity contribution in [1.29, 1.82) is 5.26 Å². The van der Waals surface area contributed by atoms with Gasteiger partial charge in [0, 0.05) is 5.69 Å². The molecule has 2 N–H and O–H groups in total. The molecule has 2 aromatic rings. The van der Waals surface area contributed by atoms with Crippen LogP contribution in [-0.2, 0) is 11.3 Å². The van der Waals surface area contributed by atoms with Crippen molar-refractivity contribution < 1.29 is 9.53 Å². The highest BCUT2D eigenvalue weighted by molar-refractivity contribution is 5.92.